The molecule has 1 aromatic carbocycles. The number of nitrogens with one attached hydrogen (secondary N) is 1. The molecule has 0 unspecified atom stereocenters. The standard InChI is InChI=1S/C17H16ClN3O2S2/c1-3-10-7-11-16(25-10)19-9-21(17(11)23)8-14(22)20-13-6-4-5-12(18)15(13)24-2/h4-7,9H,3,8H2,1-2H3,(H,20,22). The Hall–Kier alpha value is -1.83. The molecule has 0 radical (unpaired) electrons. The highest BCUT2D eigenvalue weighted by atomic mass is 35.5. The van der Waals surface area contributed by atoms with Crippen molar-refractivity contribution >= 4 is 56.5 Å². The quantitative estimate of drug-likeness (QED) is 0.664. The third-order valence-corrected chi connectivity index (χ3v) is 6.14. The van der Waals surface area contributed by atoms with Gasteiger partial charge in [-0.2, -0.15) is 0 Å². The first-order valence-electron chi connectivity index (χ1n) is 7.63. The number of hydrogen-bond donors (Lipinski definition) is 1. The Labute approximate surface area is 158 Å². The number of aryl methyl sites for hydroxylation is 1. The lowest BCUT2D eigenvalue weighted by Crippen LogP contribution is -2.27. The fourth-order valence-electron chi connectivity index (χ4n) is 2.46. The Morgan fingerprint density at radius 2 is 2.24 bits per heavy atom. The minimum Gasteiger partial charge on any atom is -0.323 e. The second-order valence-corrected chi connectivity index (χ2v) is 7.67. The number of halogens is 1. The zero-order chi connectivity index (χ0) is 18.0. The number of thioether (sulfide) groups is 1. The van der Waals surface area contributed by atoms with Crippen LogP contribution in [0.4, 0.5) is 5.69 Å². The average Bonchev–Trinajstić information content (AvgIpc) is 3.02. The lowest BCUT2D eigenvalue weighted by molar-refractivity contribution is -0.116. The number of benzene rings is 1. The van der Waals surface area contributed by atoms with E-state index in [9.17, 15) is 9.59 Å². The van der Waals surface area contributed by atoms with Gasteiger partial charge in [-0.15, -0.1) is 23.1 Å². The van der Waals surface area contributed by atoms with E-state index in [0.29, 0.717) is 20.9 Å². The van der Waals surface area contributed by atoms with Crippen molar-refractivity contribution in [2.24, 2.45) is 0 Å². The maximum Gasteiger partial charge on any atom is 0.262 e. The highest BCUT2D eigenvalue weighted by Gasteiger charge is 2.13. The molecule has 0 saturated heterocycles. The maximum atomic E-state index is 12.5. The van der Waals surface area contributed by atoms with E-state index < -0.39 is 0 Å². The minimum absolute atomic E-state index is 0.0978. The number of anilines is 1. The van der Waals surface area contributed by atoms with Crippen LogP contribution in [0.1, 0.15) is 11.8 Å². The lowest BCUT2D eigenvalue weighted by Gasteiger charge is -2.11. The summed E-state index contributed by atoms with van der Waals surface area (Å²) in [6, 6.07) is 7.18. The van der Waals surface area contributed by atoms with Gasteiger partial charge in [0, 0.05) is 9.77 Å². The third-order valence-electron chi connectivity index (χ3n) is 3.68. The highest BCUT2D eigenvalue weighted by Crippen LogP contribution is 2.32. The number of carbonyl (C=O) groups excluding carboxylic acids is 1. The Morgan fingerprint density at radius 1 is 1.44 bits per heavy atom. The van der Waals surface area contributed by atoms with Crippen molar-refractivity contribution in [1.29, 1.82) is 0 Å². The summed E-state index contributed by atoms with van der Waals surface area (Å²) in [5.74, 6) is -0.299. The van der Waals surface area contributed by atoms with Gasteiger partial charge in [-0.1, -0.05) is 24.6 Å². The van der Waals surface area contributed by atoms with Gasteiger partial charge in [-0.25, -0.2) is 4.98 Å². The van der Waals surface area contributed by atoms with Gasteiger partial charge < -0.3 is 5.32 Å². The van der Waals surface area contributed by atoms with Crippen LogP contribution in [-0.2, 0) is 17.8 Å². The van der Waals surface area contributed by atoms with Crippen molar-refractivity contribution in [3.05, 3.63) is 50.8 Å². The summed E-state index contributed by atoms with van der Waals surface area (Å²) in [6.07, 6.45) is 4.17. The first-order valence-corrected chi connectivity index (χ1v) is 10.1. The third kappa shape index (κ3) is 3.73. The van der Waals surface area contributed by atoms with Crippen molar-refractivity contribution in [3.8, 4) is 0 Å². The number of thiophene rings is 1. The topological polar surface area (TPSA) is 64.0 Å². The number of fused-ring (bicyclic) bond motifs is 1. The lowest BCUT2D eigenvalue weighted by atomic mass is 10.3. The van der Waals surface area contributed by atoms with E-state index in [2.05, 4.69) is 10.3 Å². The summed E-state index contributed by atoms with van der Waals surface area (Å²) < 4.78 is 1.33. The van der Waals surface area contributed by atoms with Crippen LogP contribution >= 0.6 is 34.7 Å². The molecular formula is C17H16ClN3O2S2. The van der Waals surface area contributed by atoms with Gasteiger partial charge in [0.25, 0.3) is 5.56 Å². The van der Waals surface area contributed by atoms with Gasteiger partial charge in [0.15, 0.2) is 0 Å². The second kappa shape index (κ2) is 7.59. The predicted molar refractivity (Wildman–Crippen MR) is 105 cm³/mol. The number of amides is 1. The van der Waals surface area contributed by atoms with Gasteiger partial charge in [0.1, 0.15) is 11.4 Å². The van der Waals surface area contributed by atoms with E-state index >= 15 is 0 Å². The number of aromatic nitrogens is 2. The van der Waals surface area contributed by atoms with E-state index in [1.54, 1.807) is 18.2 Å². The summed E-state index contributed by atoms with van der Waals surface area (Å²) >= 11 is 9.10. The van der Waals surface area contributed by atoms with E-state index in [1.807, 2.05) is 19.2 Å². The summed E-state index contributed by atoms with van der Waals surface area (Å²) in [5.41, 5.74) is 0.433. The molecule has 0 aliphatic carbocycles. The zero-order valence-electron chi connectivity index (χ0n) is 13.7. The molecule has 0 spiro atoms. The molecule has 0 fully saturated rings. The monoisotopic (exact) mass is 393 g/mol. The zero-order valence-corrected chi connectivity index (χ0v) is 16.1. The van der Waals surface area contributed by atoms with Crippen LogP contribution in [-0.4, -0.2) is 21.7 Å². The summed E-state index contributed by atoms with van der Waals surface area (Å²) in [7, 11) is 0. The molecule has 1 amide bonds. The summed E-state index contributed by atoms with van der Waals surface area (Å²) in [6.45, 7) is 1.93. The smallest absolute Gasteiger partial charge is 0.262 e. The molecule has 1 N–H and O–H groups in total. The molecule has 8 heteroatoms. The number of hydrogen-bond acceptors (Lipinski definition) is 5. The molecule has 5 nitrogen and oxygen atoms in total. The van der Waals surface area contributed by atoms with Crippen molar-refractivity contribution in [1.82, 2.24) is 9.55 Å². The molecule has 2 heterocycles. The van der Waals surface area contributed by atoms with E-state index in [4.69, 9.17) is 11.6 Å². The normalized spacial score (nSPS) is 11.0. The first-order chi connectivity index (χ1) is 12.0. The largest absolute Gasteiger partial charge is 0.323 e. The van der Waals surface area contributed by atoms with E-state index in [1.165, 1.54) is 34.0 Å². The SMILES string of the molecule is CCc1cc2c(=O)n(CC(=O)Nc3cccc(Cl)c3SC)cnc2s1. The van der Waals surface area contributed by atoms with Gasteiger partial charge in [0.2, 0.25) is 5.91 Å². The summed E-state index contributed by atoms with van der Waals surface area (Å²) in [5, 5.41) is 3.95. The molecule has 3 aromatic rings. The van der Waals surface area contributed by atoms with Crippen LogP contribution in [0.5, 0.6) is 0 Å². The maximum absolute atomic E-state index is 12.5. The van der Waals surface area contributed by atoms with Crippen LogP contribution in [0.3, 0.4) is 0 Å². The van der Waals surface area contributed by atoms with Crippen LogP contribution in [0.2, 0.25) is 5.02 Å². The molecule has 0 aliphatic rings. The van der Waals surface area contributed by atoms with Crippen LogP contribution < -0.4 is 10.9 Å². The molecule has 2 aromatic heterocycles. The molecule has 25 heavy (non-hydrogen) atoms. The van der Waals surface area contributed by atoms with Crippen LogP contribution in [0, 0.1) is 0 Å². The van der Waals surface area contributed by atoms with Crippen molar-refractivity contribution in [3.63, 3.8) is 0 Å². The second-order valence-electron chi connectivity index (χ2n) is 5.33. The molecule has 130 valence electrons. The molecular weight excluding hydrogens is 378 g/mol. The van der Waals surface area contributed by atoms with Crippen LogP contribution in [0.15, 0.2) is 40.3 Å². The van der Waals surface area contributed by atoms with Gasteiger partial charge >= 0.3 is 0 Å². The Kier molecular flexibility index (Phi) is 5.46. The molecule has 0 aliphatic heterocycles. The van der Waals surface area contributed by atoms with Crippen LogP contribution in [0.25, 0.3) is 10.2 Å². The molecule has 0 saturated carbocycles. The van der Waals surface area contributed by atoms with E-state index in [0.717, 1.165) is 16.2 Å². The molecule has 3 rings (SSSR count). The van der Waals surface area contributed by atoms with Crippen molar-refractivity contribution in [2.75, 3.05) is 11.6 Å². The molecule has 0 bridgehead atoms. The minimum atomic E-state index is -0.299. The average molecular weight is 394 g/mol. The highest BCUT2D eigenvalue weighted by molar-refractivity contribution is 7.98. The van der Waals surface area contributed by atoms with Gasteiger partial charge in [-0.3, -0.25) is 14.2 Å². The van der Waals surface area contributed by atoms with Gasteiger partial charge in [-0.05, 0) is 30.9 Å². The van der Waals surface area contributed by atoms with Gasteiger partial charge in [0.05, 0.1) is 22.4 Å². The molecule has 0 atom stereocenters. The summed E-state index contributed by atoms with van der Waals surface area (Å²) in [4.78, 5) is 31.8. The fourth-order valence-corrected chi connectivity index (χ4v) is 4.39. The fraction of sp³-hybridized carbons (Fsp3) is 0.235. The van der Waals surface area contributed by atoms with E-state index in [-0.39, 0.29) is 18.0 Å². The Balaban J connectivity index is 1.84. The van der Waals surface area contributed by atoms with Crippen molar-refractivity contribution in [2.45, 2.75) is 24.8 Å². The first kappa shape index (κ1) is 18.0. The Morgan fingerprint density at radius 3 is 2.96 bits per heavy atom. The number of nitrogens with zero attached hydrogens (tertiary/aromatic N) is 2. The van der Waals surface area contributed by atoms with Crippen molar-refractivity contribution < 1.29 is 4.79 Å². The predicted octanol–water partition coefficient (Wildman–Crippen LogP) is 4.03. The number of carbonyl (C=O) groups is 1. The number of rotatable bonds is 5. The Bertz CT molecular complexity index is 997.